The molecule has 2 aliphatic heterocycles. The van der Waals surface area contributed by atoms with Crippen molar-refractivity contribution in [2.24, 2.45) is 7.05 Å². The fourth-order valence-corrected chi connectivity index (χ4v) is 6.00. The highest BCUT2D eigenvalue weighted by atomic mass is 16.5. The van der Waals surface area contributed by atoms with Crippen LogP contribution in [0, 0.1) is 0 Å². The molecule has 2 saturated heterocycles. The van der Waals surface area contributed by atoms with Crippen molar-refractivity contribution in [3.8, 4) is 11.5 Å². The number of carboxylic acids is 3. The zero-order valence-electron chi connectivity index (χ0n) is 24.0. The van der Waals surface area contributed by atoms with Crippen LogP contribution in [0.4, 0.5) is 0 Å². The summed E-state index contributed by atoms with van der Waals surface area (Å²) in [6.07, 6.45) is 7.69. The largest absolute Gasteiger partial charge is 0.493 e. The number of hydrogen-bond acceptors (Lipinski definition) is 9. The molecule has 2 unspecified atom stereocenters. The van der Waals surface area contributed by atoms with Crippen LogP contribution in [0.3, 0.4) is 0 Å². The van der Waals surface area contributed by atoms with Crippen molar-refractivity contribution in [2.45, 2.75) is 74.8 Å². The third kappa shape index (κ3) is 7.27. The van der Waals surface area contributed by atoms with Gasteiger partial charge in [0.2, 0.25) is 0 Å². The first-order valence-corrected chi connectivity index (χ1v) is 13.5. The molecule has 4 rings (SSSR count). The van der Waals surface area contributed by atoms with Crippen molar-refractivity contribution in [3.63, 3.8) is 0 Å². The van der Waals surface area contributed by atoms with Gasteiger partial charge in [-0.3, -0.25) is 14.5 Å². The number of piperidine rings is 1. The molecular weight excluding hydrogens is 550 g/mol. The van der Waals surface area contributed by atoms with Crippen LogP contribution in [0.2, 0.25) is 0 Å². The Labute approximate surface area is 243 Å². The average molecular weight is 590 g/mol. The van der Waals surface area contributed by atoms with E-state index in [1.54, 1.807) is 20.4 Å². The van der Waals surface area contributed by atoms with Gasteiger partial charge in [0.15, 0.2) is 17.1 Å². The molecule has 13 nitrogen and oxygen atoms in total. The van der Waals surface area contributed by atoms with Gasteiger partial charge >= 0.3 is 17.9 Å². The number of hydrogen-bond donors (Lipinski definition) is 5. The lowest BCUT2D eigenvalue weighted by Crippen LogP contribution is -2.50. The van der Waals surface area contributed by atoms with Gasteiger partial charge in [-0.25, -0.2) is 9.78 Å². The summed E-state index contributed by atoms with van der Waals surface area (Å²) in [6.45, 7) is 4.71. The van der Waals surface area contributed by atoms with Crippen LogP contribution in [0.1, 0.15) is 55.5 Å². The standard InChI is InChI=1S/C23H31N3O3.C6H8O7/c1-5-6-17-11-16(12-20(28-3)21(17)29-4)15-26-18-7-8-19(26)14-23(27,13-18)22-24-9-10-25(22)2;7-3(8)1-6(13,5(11)12)2-4(9)10/h5,9-12,18-19,27H,1,6-8,13-15H2,2-4H3;13H,1-2H2,(H,7,8)(H,9,10)(H,11,12). The van der Waals surface area contributed by atoms with Crippen LogP contribution in [0.5, 0.6) is 11.5 Å². The number of allylic oxidation sites excluding steroid dienone is 1. The molecule has 0 radical (unpaired) electrons. The topological polar surface area (TPSA) is 192 Å². The summed E-state index contributed by atoms with van der Waals surface area (Å²) in [4.78, 5) is 37.5. The van der Waals surface area contributed by atoms with Crippen LogP contribution < -0.4 is 9.47 Å². The normalized spacial score (nSPS) is 21.6. The van der Waals surface area contributed by atoms with Gasteiger partial charge < -0.3 is 39.6 Å². The van der Waals surface area contributed by atoms with Gasteiger partial charge in [0, 0.05) is 43.6 Å². The molecule has 3 heterocycles. The quantitative estimate of drug-likeness (QED) is 0.226. The molecule has 1 aromatic heterocycles. The second kappa shape index (κ2) is 13.4. The maximum atomic E-state index is 11.4. The minimum atomic E-state index is -2.74. The Morgan fingerprint density at radius 3 is 2.12 bits per heavy atom. The second-order valence-corrected chi connectivity index (χ2v) is 10.8. The number of aliphatic carboxylic acids is 3. The third-order valence-corrected chi connectivity index (χ3v) is 7.79. The number of aryl methyl sites for hydroxylation is 1. The molecule has 2 aliphatic rings. The first kappa shape index (κ1) is 32.6. The number of aliphatic hydroxyl groups is 2. The van der Waals surface area contributed by atoms with Crippen LogP contribution in [0.25, 0.3) is 0 Å². The fraction of sp³-hybridized carbons (Fsp3) is 0.517. The van der Waals surface area contributed by atoms with Gasteiger partial charge in [-0.15, -0.1) is 6.58 Å². The van der Waals surface area contributed by atoms with Gasteiger partial charge in [-0.2, -0.15) is 0 Å². The molecule has 2 aromatic rings. The van der Waals surface area contributed by atoms with E-state index >= 15 is 0 Å². The Hall–Kier alpha value is -3.94. The predicted octanol–water partition coefficient (Wildman–Crippen LogP) is 1.93. The van der Waals surface area contributed by atoms with E-state index < -0.39 is 42.0 Å². The maximum absolute atomic E-state index is 11.4. The predicted molar refractivity (Wildman–Crippen MR) is 149 cm³/mol. The summed E-state index contributed by atoms with van der Waals surface area (Å²) in [6, 6.07) is 4.98. The fourth-order valence-electron chi connectivity index (χ4n) is 6.00. The lowest BCUT2D eigenvalue weighted by Gasteiger charge is -2.43. The minimum Gasteiger partial charge on any atom is -0.493 e. The summed E-state index contributed by atoms with van der Waals surface area (Å²) in [5.74, 6) is -2.69. The Morgan fingerprint density at radius 2 is 1.69 bits per heavy atom. The molecule has 13 heteroatoms. The lowest BCUT2D eigenvalue weighted by atomic mass is 9.85. The first-order chi connectivity index (χ1) is 19.8. The van der Waals surface area contributed by atoms with Gasteiger partial charge in [0.1, 0.15) is 11.4 Å². The zero-order valence-corrected chi connectivity index (χ0v) is 24.0. The van der Waals surface area contributed by atoms with E-state index in [1.807, 2.05) is 23.9 Å². The molecule has 0 saturated carbocycles. The SMILES string of the molecule is C=CCc1cc(CN2C3CCC2CC(O)(c2nccn2C)C3)cc(OC)c1OC.O=C(O)CC(O)(CC(=O)O)C(=O)O. The third-order valence-electron chi connectivity index (χ3n) is 7.79. The van der Waals surface area contributed by atoms with E-state index in [4.69, 9.17) is 29.9 Å². The van der Waals surface area contributed by atoms with E-state index in [1.165, 1.54) is 5.56 Å². The van der Waals surface area contributed by atoms with Crippen molar-refractivity contribution in [3.05, 3.63) is 54.1 Å². The smallest absolute Gasteiger partial charge is 0.336 e. The summed E-state index contributed by atoms with van der Waals surface area (Å²) in [7, 11) is 5.31. The molecule has 0 spiro atoms. The molecule has 2 atom stereocenters. The van der Waals surface area contributed by atoms with Crippen molar-refractivity contribution >= 4 is 17.9 Å². The highest BCUT2D eigenvalue weighted by molar-refractivity contribution is 5.88. The number of fused-ring (bicyclic) bond motifs is 2. The molecule has 0 amide bonds. The van der Waals surface area contributed by atoms with E-state index in [2.05, 4.69) is 28.6 Å². The number of nitrogens with zero attached hydrogens (tertiary/aromatic N) is 3. The van der Waals surface area contributed by atoms with E-state index in [0.29, 0.717) is 12.1 Å². The average Bonchev–Trinajstić information content (AvgIpc) is 3.44. The van der Waals surface area contributed by atoms with Gasteiger partial charge in [0.05, 0.1) is 27.1 Å². The van der Waals surface area contributed by atoms with Crippen molar-refractivity contribution in [2.75, 3.05) is 14.2 Å². The number of carbonyl (C=O) groups is 3. The summed E-state index contributed by atoms with van der Waals surface area (Å²) in [5.41, 5.74) is -1.28. The molecule has 2 bridgehead atoms. The molecule has 2 fully saturated rings. The van der Waals surface area contributed by atoms with Crippen LogP contribution >= 0.6 is 0 Å². The monoisotopic (exact) mass is 589 g/mol. The van der Waals surface area contributed by atoms with Crippen LogP contribution in [-0.2, 0) is 40.0 Å². The Morgan fingerprint density at radius 1 is 1.10 bits per heavy atom. The molecule has 5 N–H and O–H groups in total. The van der Waals surface area contributed by atoms with Crippen molar-refractivity contribution in [1.82, 2.24) is 14.5 Å². The highest BCUT2D eigenvalue weighted by Crippen LogP contribution is 2.46. The number of carboxylic acid groups (broad SMARTS) is 3. The van der Waals surface area contributed by atoms with Crippen molar-refractivity contribution in [1.29, 1.82) is 0 Å². The first-order valence-electron chi connectivity index (χ1n) is 13.5. The van der Waals surface area contributed by atoms with Crippen LogP contribution in [-0.4, -0.2) is 89.8 Å². The zero-order chi connectivity index (χ0) is 31.2. The molecule has 0 aliphatic carbocycles. The maximum Gasteiger partial charge on any atom is 0.336 e. The Kier molecular flexibility index (Phi) is 10.4. The molecule has 1 aromatic carbocycles. The highest BCUT2D eigenvalue weighted by Gasteiger charge is 2.49. The van der Waals surface area contributed by atoms with E-state index in [-0.39, 0.29) is 0 Å². The summed E-state index contributed by atoms with van der Waals surface area (Å²) in [5, 5.41) is 45.2. The van der Waals surface area contributed by atoms with Gasteiger partial charge in [-0.05, 0) is 43.7 Å². The number of rotatable bonds is 12. The minimum absolute atomic E-state index is 0.353. The van der Waals surface area contributed by atoms with Gasteiger partial charge in [-0.1, -0.05) is 12.1 Å². The number of aromatic nitrogens is 2. The van der Waals surface area contributed by atoms with Crippen molar-refractivity contribution < 1.29 is 49.4 Å². The number of imidazole rings is 1. The molecule has 42 heavy (non-hydrogen) atoms. The number of methoxy groups -OCH3 is 2. The van der Waals surface area contributed by atoms with Crippen LogP contribution in [0.15, 0.2) is 37.2 Å². The van der Waals surface area contributed by atoms with E-state index in [9.17, 15) is 19.5 Å². The second-order valence-electron chi connectivity index (χ2n) is 10.8. The van der Waals surface area contributed by atoms with Gasteiger partial charge in [0.25, 0.3) is 0 Å². The number of benzene rings is 1. The lowest BCUT2D eigenvalue weighted by molar-refractivity contribution is -0.170. The van der Waals surface area contributed by atoms with E-state index in [0.717, 1.165) is 61.5 Å². The summed E-state index contributed by atoms with van der Waals surface area (Å²) < 4.78 is 13.1. The number of ether oxygens (including phenoxy) is 2. The summed E-state index contributed by atoms with van der Waals surface area (Å²) >= 11 is 0. The molecule has 230 valence electrons. The molecular formula is C29H39N3O10. The Balaban J connectivity index is 0.000000316. The Bertz CT molecular complexity index is 1280.